The van der Waals surface area contributed by atoms with Crippen LogP contribution in [0.15, 0.2) is 192 Å². The minimum absolute atomic E-state index is 0.0459. The number of ether oxygens (including phenoxy) is 3. The number of likely N-dealkylation sites (N-methyl/N-ethyl adjacent to an activating group) is 1. The first-order valence-electron chi connectivity index (χ1n) is 44.1. The molecule has 140 heavy (non-hydrogen) atoms. The van der Waals surface area contributed by atoms with Gasteiger partial charge in [-0.2, -0.15) is 38.4 Å². The Labute approximate surface area is 835 Å². The number of alkyl halides is 3. The molecule has 744 valence electrons. The highest BCUT2D eigenvalue weighted by atomic mass is 35.5. The van der Waals surface area contributed by atoms with Gasteiger partial charge in [-0.05, 0) is 253 Å². The van der Waals surface area contributed by atoms with Gasteiger partial charge in [0.2, 0.25) is 23.8 Å². The number of aromatic nitrogens is 8. The number of nitrogens with zero attached hydrogens (tertiary/aromatic N) is 12. The van der Waals surface area contributed by atoms with Gasteiger partial charge in [0.25, 0.3) is 0 Å². The predicted octanol–water partition coefficient (Wildman–Crippen LogP) is 21.8. The smallest absolute Gasteiger partial charge is 0.421 e. The molecule has 0 amide bonds. The summed E-state index contributed by atoms with van der Waals surface area (Å²) in [6.07, 6.45) is 3.39. The molecule has 0 bridgehead atoms. The van der Waals surface area contributed by atoms with Crippen molar-refractivity contribution in [3.63, 3.8) is 0 Å². The van der Waals surface area contributed by atoms with Crippen molar-refractivity contribution in [1.82, 2.24) is 49.7 Å². The quantitative estimate of drug-likeness (QED) is 0.0194. The highest BCUT2D eigenvalue weighted by molar-refractivity contribution is 7.92. The van der Waals surface area contributed by atoms with Crippen LogP contribution in [-0.4, -0.2) is 204 Å². The Morgan fingerprint density at radius 2 is 0.814 bits per heavy atom. The Morgan fingerprint density at radius 1 is 0.450 bits per heavy atom. The topological polar surface area (TPSA) is 397 Å². The molecule has 0 unspecified atom stereocenters. The monoisotopic (exact) mass is 2110 g/mol. The van der Waals surface area contributed by atoms with Crippen LogP contribution in [0.2, 0.25) is 20.1 Å². The van der Waals surface area contributed by atoms with Gasteiger partial charge in [-0.1, -0.05) is 77.6 Å². The molecule has 2 fully saturated rings. The molecular formula is C96H113Cl4F3N20O11P4S2. The van der Waals surface area contributed by atoms with Crippen LogP contribution in [0.4, 0.5) is 111 Å². The molecule has 6 heterocycles. The van der Waals surface area contributed by atoms with Crippen LogP contribution in [0.3, 0.4) is 0 Å². The van der Waals surface area contributed by atoms with Crippen molar-refractivity contribution < 1.29 is 62.5 Å². The third-order valence-corrected chi connectivity index (χ3v) is 34.2. The maximum atomic E-state index is 13.6. The number of halogens is 7. The summed E-state index contributed by atoms with van der Waals surface area (Å²) in [5.41, 5.74) is 6.16. The SMILES string of the molecule is CCc1cc(P(C)(C)=O)ccc1Nc1ncc(Cl)c(Nc2ccccc2S(=O)(=O)C(C)C)n1.COc1cc(N2CCC(N3CCN(C)CC3)CC2)ccc1Nc1ncc(Cl)c(Nc2ccc(P(C)(C)=O)cc2OC)n1.COc1cc(P(C)(C)=O)ccc1Nc1ncc(C(F)(F)F)c(Nc2ccc(Cl)cc2C#N)n1.Cc1cc(P(C)(C)=O)ccc1Nc1ncc(Cl)c(Nc2ccccc2S(=O)(=O)C(C)C)n1. The van der Waals surface area contributed by atoms with Crippen LogP contribution in [0.5, 0.6) is 17.2 Å². The van der Waals surface area contributed by atoms with E-state index in [1.807, 2.05) is 74.5 Å². The molecule has 8 aromatic carbocycles. The summed E-state index contributed by atoms with van der Waals surface area (Å²) in [5.74, 6) is 2.78. The molecule has 2 aliphatic heterocycles. The Hall–Kier alpha value is -11.1. The molecular weight excluding hydrogens is 2000 g/mol. The largest absolute Gasteiger partial charge is 0.495 e. The molecule has 0 atom stereocenters. The van der Waals surface area contributed by atoms with Crippen LogP contribution in [-0.2, 0) is 50.5 Å². The van der Waals surface area contributed by atoms with Gasteiger partial charge in [-0.3, -0.25) is 4.90 Å². The molecule has 4 aromatic heterocycles. The first-order valence-corrected chi connectivity index (χ1v) is 59.1. The van der Waals surface area contributed by atoms with Crippen LogP contribution in [0, 0.1) is 18.3 Å². The molecule has 0 aliphatic carbocycles. The van der Waals surface area contributed by atoms with Gasteiger partial charge < -0.3 is 84.8 Å². The maximum Gasteiger partial charge on any atom is 0.421 e. The van der Waals surface area contributed by atoms with Crippen LogP contribution < -0.4 is 82.9 Å². The average molecular weight is 2110 g/mol. The molecule has 0 saturated carbocycles. The molecule has 14 rings (SSSR count). The van der Waals surface area contributed by atoms with Gasteiger partial charge in [-0.15, -0.1) is 0 Å². The van der Waals surface area contributed by atoms with Crippen molar-refractivity contribution in [3.05, 3.63) is 225 Å². The second kappa shape index (κ2) is 46.7. The number of piperazine rings is 1. The molecule has 2 saturated heterocycles. The Kier molecular flexibility index (Phi) is 36.5. The Morgan fingerprint density at radius 3 is 1.24 bits per heavy atom. The van der Waals surface area contributed by atoms with Gasteiger partial charge in [0.1, 0.15) is 78.3 Å². The highest BCUT2D eigenvalue weighted by Gasteiger charge is 2.37. The second-order valence-electron chi connectivity index (χ2n) is 34.9. The number of hydrogen-bond donors (Lipinski definition) is 8. The van der Waals surface area contributed by atoms with Crippen LogP contribution in [0.25, 0.3) is 0 Å². The number of benzene rings is 8. The van der Waals surface area contributed by atoms with Gasteiger partial charge in [-0.25, -0.2) is 36.8 Å². The van der Waals surface area contributed by atoms with Gasteiger partial charge >= 0.3 is 6.18 Å². The minimum atomic E-state index is -4.75. The highest BCUT2D eigenvalue weighted by Crippen LogP contribution is 2.45. The number of nitrogens with one attached hydrogen (secondary N) is 8. The molecule has 31 nitrogen and oxygen atoms in total. The number of sulfone groups is 2. The summed E-state index contributed by atoms with van der Waals surface area (Å²) < 4.78 is 158. The summed E-state index contributed by atoms with van der Waals surface area (Å²) in [5, 5.41) is 36.4. The van der Waals surface area contributed by atoms with Gasteiger partial charge in [0, 0.05) is 101 Å². The maximum absolute atomic E-state index is 13.6. The van der Waals surface area contributed by atoms with E-state index in [2.05, 4.69) is 116 Å². The summed E-state index contributed by atoms with van der Waals surface area (Å²) in [6.45, 7) is 30.8. The lowest BCUT2D eigenvalue weighted by molar-refractivity contribution is -0.137. The van der Waals surface area contributed by atoms with Gasteiger partial charge in [0.05, 0.1) is 99.9 Å². The van der Waals surface area contributed by atoms with Crippen molar-refractivity contribution in [3.8, 4) is 23.3 Å². The van der Waals surface area contributed by atoms with Crippen molar-refractivity contribution in [2.75, 3.05) is 168 Å². The lowest BCUT2D eigenvalue weighted by Crippen LogP contribution is -2.52. The van der Waals surface area contributed by atoms with E-state index in [0.717, 1.165) is 82.4 Å². The van der Waals surface area contributed by atoms with E-state index in [0.29, 0.717) is 80.3 Å². The van der Waals surface area contributed by atoms with E-state index in [9.17, 15) is 53.5 Å². The Bertz CT molecular complexity index is 7010. The van der Waals surface area contributed by atoms with Crippen molar-refractivity contribution in [2.45, 2.75) is 93.3 Å². The molecule has 2 aliphatic rings. The number of nitriles is 1. The number of methoxy groups -OCH3 is 3. The number of rotatable bonds is 30. The number of anilines is 17. The fourth-order valence-electron chi connectivity index (χ4n) is 14.5. The average Bonchev–Trinajstić information content (AvgIpc) is 0.807. The molecule has 0 spiro atoms. The summed E-state index contributed by atoms with van der Waals surface area (Å²) >= 11 is 24.9. The lowest BCUT2D eigenvalue weighted by atomic mass is 10.0. The number of aryl methyl sites for hydroxylation is 2. The van der Waals surface area contributed by atoms with E-state index >= 15 is 0 Å². The lowest BCUT2D eigenvalue weighted by Gasteiger charge is -2.42. The number of piperidine rings is 1. The first-order chi connectivity index (χ1) is 65.9. The predicted molar refractivity (Wildman–Crippen MR) is 565 cm³/mol. The third kappa shape index (κ3) is 28.6. The molecule has 12 aromatic rings. The van der Waals surface area contributed by atoms with Crippen molar-refractivity contribution in [1.29, 1.82) is 5.26 Å². The van der Waals surface area contributed by atoms with E-state index < -0.39 is 76.3 Å². The second-order valence-corrected chi connectivity index (χ2v) is 54.4. The standard InChI is InChI=1S/C30H41ClN7O3P.C23H28ClN4O3PS.C22H26ClN4O3PS.C21H18ClF3N5O2P/c1-36-14-16-38(17-15-36)21-10-12-37(13-11-21)22-6-8-26(27(18-22)40-2)34-30-32-20-24(31)29(35-30)33-25-9-7-23(42(4,5)39)19-28(25)41-3;1-6-16-13-17(32(4,5)29)11-12-19(16)27-23-25-14-18(24)22(28-23)26-20-9-7-8-10-21(20)33(30,31)15(2)3;1-14(2)32(29,30)20-9-7-6-8-19(20)25-21-17(23)13-24-22(27-21)26-18-11-10-16(12-15(18)3)31(4,5)28;1-32-18-9-14(33(2,3)31)5-7-17(18)29-20-27-11-15(21(23,24)25)19(30-20)28-16-6-4-13(22)8-12(16)10-26/h6-9,18-21H,10-17H2,1-5H3,(H2,32,33,34,35);7-15H,6H2,1-5H3,(H2,25,26,27,28);6-14H,1-5H3,(H2,24,25,26,27);4-9,11H,1-3H3,(H2,27,28,29,30). The summed E-state index contributed by atoms with van der Waals surface area (Å²) in [4.78, 5) is 41.9. The molecule has 8 N–H and O–H groups in total. The van der Waals surface area contributed by atoms with E-state index in [4.69, 9.17) is 60.6 Å². The summed E-state index contributed by atoms with van der Waals surface area (Å²) in [6, 6.07) is 47.5. The number of para-hydroxylation sites is 2. The normalized spacial score (nSPS) is 13.5. The van der Waals surface area contributed by atoms with E-state index in [1.54, 1.807) is 168 Å². The minimum Gasteiger partial charge on any atom is -0.495 e. The van der Waals surface area contributed by atoms with Crippen molar-refractivity contribution >= 4 is 214 Å². The third-order valence-electron chi connectivity index (χ3n) is 22.7. The zero-order valence-corrected chi connectivity index (χ0v) is 88.8. The van der Waals surface area contributed by atoms with E-state index in [1.165, 1.54) is 69.8 Å². The van der Waals surface area contributed by atoms with Crippen LogP contribution >= 0.6 is 75.0 Å². The zero-order valence-electron chi connectivity index (χ0n) is 80.5. The number of hydrogen-bond acceptors (Lipinski definition) is 31. The van der Waals surface area contributed by atoms with E-state index in [-0.39, 0.29) is 59.6 Å². The summed E-state index contributed by atoms with van der Waals surface area (Å²) in [7, 11) is -9.90. The van der Waals surface area contributed by atoms with Crippen LogP contribution in [0.1, 0.15) is 69.7 Å². The van der Waals surface area contributed by atoms with Gasteiger partial charge in [0.15, 0.2) is 37.1 Å². The first kappa shape index (κ1) is 109. The molecule has 44 heteroatoms. The fraction of sp³-hybridized carbons (Fsp3) is 0.323. The van der Waals surface area contributed by atoms with Crippen molar-refractivity contribution in [2.24, 2.45) is 0 Å². The Balaban J connectivity index is 0.000000180. The zero-order chi connectivity index (χ0) is 102. The molecule has 0 radical (unpaired) electrons. The fourth-order valence-corrected chi connectivity index (χ4v) is 21.0.